The Kier molecular flexibility index (Phi) is 4.07. The molecule has 0 aliphatic heterocycles. The van der Waals surface area contributed by atoms with Crippen molar-refractivity contribution in [2.45, 2.75) is 12.8 Å². The first-order valence-electron chi connectivity index (χ1n) is 7.09. The average molecular weight is 297 g/mol. The summed E-state index contributed by atoms with van der Waals surface area (Å²) in [4.78, 5) is 6.54. The Bertz CT molecular complexity index is 750. The molecule has 106 valence electrons. The van der Waals surface area contributed by atoms with E-state index in [1.807, 2.05) is 12.3 Å². The fourth-order valence-electron chi connectivity index (χ4n) is 2.69. The molecule has 3 rings (SSSR count). The number of nitrogens with zero attached hydrogens (tertiary/aromatic N) is 2. The number of rotatable bonds is 4. The lowest BCUT2D eigenvalue weighted by Crippen LogP contribution is -2.18. The molecule has 0 aliphatic rings. The van der Waals surface area contributed by atoms with Gasteiger partial charge in [-0.3, -0.25) is 4.98 Å². The SMILES string of the molecule is CCN(c1cnccc1CCl)c1cccc2ccccc12. The summed E-state index contributed by atoms with van der Waals surface area (Å²) in [5.74, 6) is 0.485. The number of fused-ring (bicyclic) bond motifs is 1. The number of alkyl halides is 1. The van der Waals surface area contributed by atoms with Crippen LogP contribution < -0.4 is 4.90 Å². The minimum atomic E-state index is 0.485. The highest BCUT2D eigenvalue weighted by molar-refractivity contribution is 6.17. The Labute approximate surface area is 130 Å². The Morgan fingerprint density at radius 3 is 2.62 bits per heavy atom. The topological polar surface area (TPSA) is 16.1 Å². The smallest absolute Gasteiger partial charge is 0.0642 e. The monoisotopic (exact) mass is 296 g/mol. The molecule has 2 nitrogen and oxygen atoms in total. The van der Waals surface area contributed by atoms with Crippen LogP contribution in [-0.4, -0.2) is 11.5 Å². The summed E-state index contributed by atoms with van der Waals surface area (Å²) < 4.78 is 0. The van der Waals surface area contributed by atoms with Crippen LogP contribution >= 0.6 is 11.6 Å². The van der Waals surface area contributed by atoms with Gasteiger partial charge < -0.3 is 4.90 Å². The molecule has 0 amide bonds. The second kappa shape index (κ2) is 6.15. The molecule has 1 heterocycles. The zero-order valence-corrected chi connectivity index (χ0v) is 12.7. The second-order valence-corrected chi connectivity index (χ2v) is 5.15. The largest absolute Gasteiger partial charge is 0.340 e. The standard InChI is InChI=1S/C18H17ClN2/c1-2-21(18-13-20-11-10-15(18)12-19)17-9-5-7-14-6-3-4-8-16(14)17/h3-11,13H,2,12H2,1H3. The summed E-state index contributed by atoms with van der Waals surface area (Å²) >= 11 is 6.08. The summed E-state index contributed by atoms with van der Waals surface area (Å²) in [6, 6.07) is 16.8. The highest BCUT2D eigenvalue weighted by Gasteiger charge is 2.13. The van der Waals surface area contributed by atoms with Crippen molar-refractivity contribution < 1.29 is 0 Å². The molecule has 0 aliphatic carbocycles. The molecule has 0 spiro atoms. The number of halogens is 1. The number of pyridine rings is 1. The molecule has 0 radical (unpaired) electrons. The summed E-state index contributed by atoms with van der Waals surface area (Å²) in [6.07, 6.45) is 3.68. The maximum absolute atomic E-state index is 6.08. The molecular weight excluding hydrogens is 280 g/mol. The maximum Gasteiger partial charge on any atom is 0.0642 e. The van der Waals surface area contributed by atoms with Crippen LogP contribution in [0.2, 0.25) is 0 Å². The van der Waals surface area contributed by atoms with Crippen LogP contribution in [-0.2, 0) is 5.88 Å². The van der Waals surface area contributed by atoms with E-state index in [0.717, 1.165) is 17.8 Å². The van der Waals surface area contributed by atoms with Gasteiger partial charge >= 0.3 is 0 Å². The molecule has 3 aromatic rings. The molecule has 1 aromatic heterocycles. The van der Waals surface area contributed by atoms with Crippen LogP contribution in [0.1, 0.15) is 12.5 Å². The molecule has 0 saturated heterocycles. The molecule has 0 unspecified atom stereocenters. The quantitative estimate of drug-likeness (QED) is 0.620. The van der Waals surface area contributed by atoms with Crippen molar-refractivity contribution in [1.29, 1.82) is 0 Å². The van der Waals surface area contributed by atoms with Gasteiger partial charge in [-0.05, 0) is 30.0 Å². The number of aromatic nitrogens is 1. The van der Waals surface area contributed by atoms with Crippen molar-refractivity contribution in [2.24, 2.45) is 0 Å². The lowest BCUT2D eigenvalue weighted by Gasteiger charge is -2.26. The average Bonchev–Trinajstić information content (AvgIpc) is 2.56. The molecule has 0 saturated carbocycles. The first-order chi connectivity index (χ1) is 10.3. The summed E-state index contributed by atoms with van der Waals surface area (Å²) in [6.45, 7) is 3.01. The predicted molar refractivity (Wildman–Crippen MR) is 90.4 cm³/mol. The van der Waals surface area contributed by atoms with Crippen molar-refractivity contribution in [1.82, 2.24) is 4.98 Å². The first-order valence-corrected chi connectivity index (χ1v) is 7.62. The van der Waals surface area contributed by atoms with Crippen LogP contribution in [0.4, 0.5) is 11.4 Å². The Hall–Kier alpha value is -2.06. The van der Waals surface area contributed by atoms with E-state index in [1.165, 1.54) is 16.5 Å². The fraction of sp³-hybridized carbons (Fsp3) is 0.167. The molecule has 2 aromatic carbocycles. The van der Waals surface area contributed by atoms with Crippen LogP contribution in [0.3, 0.4) is 0 Å². The summed E-state index contributed by atoms with van der Waals surface area (Å²) in [5, 5.41) is 2.48. The van der Waals surface area contributed by atoms with Gasteiger partial charge in [0.1, 0.15) is 0 Å². The number of hydrogen-bond acceptors (Lipinski definition) is 2. The molecule has 3 heteroatoms. The summed E-state index contributed by atoms with van der Waals surface area (Å²) in [5.41, 5.74) is 3.36. The Morgan fingerprint density at radius 1 is 1.00 bits per heavy atom. The highest BCUT2D eigenvalue weighted by Crippen LogP contribution is 2.33. The third kappa shape index (κ3) is 2.59. The van der Waals surface area contributed by atoms with E-state index in [0.29, 0.717) is 5.88 Å². The lowest BCUT2D eigenvalue weighted by atomic mass is 10.1. The third-order valence-electron chi connectivity index (χ3n) is 3.70. The van der Waals surface area contributed by atoms with Gasteiger partial charge in [0.15, 0.2) is 0 Å². The van der Waals surface area contributed by atoms with E-state index in [9.17, 15) is 0 Å². The molecule has 21 heavy (non-hydrogen) atoms. The molecule has 0 bridgehead atoms. The number of hydrogen-bond donors (Lipinski definition) is 0. The van der Waals surface area contributed by atoms with Crippen molar-refractivity contribution in [3.05, 3.63) is 66.5 Å². The van der Waals surface area contributed by atoms with E-state index in [1.54, 1.807) is 6.20 Å². The third-order valence-corrected chi connectivity index (χ3v) is 3.98. The normalized spacial score (nSPS) is 10.8. The van der Waals surface area contributed by atoms with Crippen molar-refractivity contribution in [3.8, 4) is 0 Å². The van der Waals surface area contributed by atoms with Gasteiger partial charge in [-0.1, -0.05) is 36.4 Å². The van der Waals surface area contributed by atoms with E-state index in [2.05, 4.69) is 59.3 Å². The minimum absolute atomic E-state index is 0.485. The van der Waals surface area contributed by atoms with Crippen molar-refractivity contribution in [2.75, 3.05) is 11.4 Å². The van der Waals surface area contributed by atoms with E-state index < -0.39 is 0 Å². The van der Waals surface area contributed by atoms with E-state index in [-0.39, 0.29) is 0 Å². The fourth-order valence-corrected chi connectivity index (χ4v) is 2.91. The summed E-state index contributed by atoms with van der Waals surface area (Å²) in [7, 11) is 0. The highest BCUT2D eigenvalue weighted by atomic mass is 35.5. The van der Waals surface area contributed by atoms with Gasteiger partial charge in [0.2, 0.25) is 0 Å². The van der Waals surface area contributed by atoms with Gasteiger partial charge in [0.25, 0.3) is 0 Å². The molecular formula is C18H17ClN2. The van der Waals surface area contributed by atoms with Crippen LogP contribution in [0.15, 0.2) is 60.9 Å². The van der Waals surface area contributed by atoms with Gasteiger partial charge in [-0.15, -0.1) is 11.6 Å². The Morgan fingerprint density at radius 2 is 1.81 bits per heavy atom. The van der Waals surface area contributed by atoms with Gasteiger partial charge in [0, 0.05) is 29.7 Å². The number of benzene rings is 2. The van der Waals surface area contributed by atoms with Gasteiger partial charge in [-0.2, -0.15) is 0 Å². The maximum atomic E-state index is 6.08. The van der Waals surface area contributed by atoms with Crippen LogP contribution in [0, 0.1) is 0 Å². The lowest BCUT2D eigenvalue weighted by molar-refractivity contribution is 1.01. The Balaban J connectivity index is 2.19. The molecule has 0 fully saturated rings. The molecule has 0 atom stereocenters. The van der Waals surface area contributed by atoms with Crippen LogP contribution in [0.5, 0.6) is 0 Å². The first kappa shape index (κ1) is 13.9. The number of anilines is 2. The minimum Gasteiger partial charge on any atom is -0.340 e. The van der Waals surface area contributed by atoms with Crippen molar-refractivity contribution >= 4 is 33.7 Å². The van der Waals surface area contributed by atoms with Gasteiger partial charge in [-0.25, -0.2) is 0 Å². The van der Waals surface area contributed by atoms with Crippen LogP contribution in [0.25, 0.3) is 10.8 Å². The van der Waals surface area contributed by atoms with E-state index >= 15 is 0 Å². The van der Waals surface area contributed by atoms with Gasteiger partial charge in [0.05, 0.1) is 11.9 Å². The zero-order valence-electron chi connectivity index (χ0n) is 12.0. The zero-order chi connectivity index (χ0) is 14.7. The van der Waals surface area contributed by atoms with E-state index in [4.69, 9.17) is 11.6 Å². The predicted octanol–water partition coefficient (Wildman–Crippen LogP) is 5.13. The van der Waals surface area contributed by atoms with Crippen molar-refractivity contribution in [3.63, 3.8) is 0 Å². The second-order valence-electron chi connectivity index (χ2n) is 4.88. The molecule has 0 N–H and O–H groups in total.